The van der Waals surface area contributed by atoms with Gasteiger partial charge in [0.25, 0.3) is 5.91 Å². The van der Waals surface area contributed by atoms with Crippen molar-refractivity contribution in [2.24, 2.45) is 4.99 Å². The van der Waals surface area contributed by atoms with Gasteiger partial charge in [0, 0.05) is 39.9 Å². The lowest BCUT2D eigenvalue weighted by Gasteiger charge is -2.12. The molecule has 3 N–H and O–H groups in total. The van der Waals surface area contributed by atoms with Crippen molar-refractivity contribution >= 4 is 40.1 Å². The summed E-state index contributed by atoms with van der Waals surface area (Å²) in [5.41, 5.74) is 3.51. The van der Waals surface area contributed by atoms with Crippen LogP contribution in [-0.2, 0) is 6.42 Å². The predicted molar refractivity (Wildman–Crippen MR) is 130 cm³/mol. The third-order valence-corrected chi connectivity index (χ3v) is 5.23. The van der Waals surface area contributed by atoms with E-state index < -0.39 is 0 Å². The predicted octanol–water partition coefficient (Wildman–Crippen LogP) is 5.27. The number of nitrogens with one attached hydrogen (secondary N) is 3. The van der Waals surface area contributed by atoms with Gasteiger partial charge in [0.2, 0.25) is 5.96 Å². The number of para-hydroxylation sites is 1. The molecule has 4 aromatic rings. The van der Waals surface area contributed by atoms with E-state index in [0.717, 1.165) is 23.4 Å². The van der Waals surface area contributed by atoms with Crippen molar-refractivity contribution in [1.29, 1.82) is 0 Å². The molecule has 3 aromatic carbocycles. The molecule has 0 radical (unpaired) electrons. The van der Waals surface area contributed by atoms with Crippen LogP contribution in [-0.4, -0.2) is 30.5 Å². The maximum atomic E-state index is 12.7. The van der Waals surface area contributed by atoms with E-state index in [9.17, 15) is 4.79 Å². The molecular weight excluding hydrogens is 424 g/mol. The molecule has 0 unspecified atom stereocenters. The molecule has 32 heavy (non-hydrogen) atoms. The second kappa shape index (κ2) is 10.0. The highest BCUT2D eigenvalue weighted by Gasteiger charge is 2.10. The number of fused-ring (bicyclic) bond motifs is 1. The second-order valence-electron chi connectivity index (χ2n) is 7.16. The first-order valence-corrected chi connectivity index (χ1v) is 10.6. The standard InChI is InChI=1S/C25H23ClN4O2/c1-32-21-11-9-20(10-12-21)29-25(30-24(31)17-5-4-6-19(26)15-17)27-14-13-18-16-28-23-8-3-2-7-22(18)23/h2-12,15-16,28H,13-14H2,1H3,(H2,27,29,30,31). The molecule has 4 rings (SSSR count). The quantitative estimate of drug-likeness (QED) is 0.279. The lowest BCUT2D eigenvalue weighted by atomic mass is 10.1. The molecule has 0 aliphatic carbocycles. The molecular formula is C25H23ClN4O2. The van der Waals surface area contributed by atoms with Crippen LogP contribution in [0.5, 0.6) is 5.75 Å². The van der Waals surface area contributed by atoms with E-state index in [1.807, 2.05) is 48.7 Å². The highest BCUT2D eigenvalue weighted by atomic mass is 35.5. The third-order valence-electron chi connectivity index (χ3n) is 5.00. The van der Waals surface area contributed by atoms with E-state index in [1.165, 1.54) is 10.9 Å². The number of methoxy groups -OCH3 is 1. The van der Waals surface area contributed by atoms with Gasteiger partial charge in [0.05, 0.1) is 7.11 Å². The molecule has 0 fully saturated rings. The highest BCUT2D eigenvalue weighted by Crippen LogP contribution is 2.18. The maximum Gasteiger partial charge on any atom is 0.258 e. The molecule has 1 aromatic heterocycles. The van der Waals surface area contributed by atoms with Crippen molar-refractivity contribution in [3.05, 3.63) is 95.1 Å². The number of carbonyl (C=O) groups excluding carboxylic acids is 1. The molecule has 1 amide bonds. The number of ether oxygens (including phenoxy) is 1. The smallest absolute Gasteiger partial charge is 0.258 e. The molecule has 0 spiro atoms. The first-order valence-electron chi connectivity index (χ1n) is 10.2. The number of aromatic nitrogens is 1. The van der Waals surface area contributed by atoms with Gasteiger partial charge in [-0.2, -0.15) is 0 Å². The summed E-state index contributed by atoms with van der Waals surface area (Å²) in [4.78, 5) is 20.7. The van der Waals surface area contributed by atoms with Crippen LogP contribution in [0.15, 0.2) is 84.0 Å². The zero-order valence-corrected chi connectivity index (χ0v) is 18.3. The van der Waals surface area contributed by atoms with Gasteiger partial charge < -0.3 is 15.0 Å². The summed E-state index contributed by atoms with van der Waals surface area (Å²) in [6, 6.07) is 22.3. The number of guanidine groups is 1. The van der Waals surface area contributed by atoms with Gasteiger partial charge in [-0.15, -0.1) is 0 Å². The number of halogens is 1. The number of carbonyl (C=O) groups is 1. The fourth-order valence-corrected chi connectivity index (χ4v) is 3.55. The van der Waals surface area contributed by atoms with Crippen molar-refractivity contribution in [1.82, 2.24) is 10.3 Å². The molecule has 162 valence electrons. The number of H-pyrrole nitrogens is 1. The number of nitrogens with zero attached hydrogens (tertiary/aromatic N) is 1. The zero-order valence-electron chi connectivity index (χ0n) is 17.6. The lowest BCUT2D eigenvalue weighted by Crippen LogP contribution is -2.36. The minimum atomic E-state index is -0.292. The molecule has 1 heterocycles. The number of hydrogen-bond donors (Lipinski definition) is 3. The molecule has 0 bridgehead atoms. The van der Waals surface area contributed by atoms with Gasteiger partial charge in [0.15, 0.2) is 0 Å². The SMILES string of the molecule is COc1ccc(NC(=NCCc2c[nH]c3ccccc23)NC(=O)c2cccc(Cl)c2)cc1. The Hall–Kier alpha value is -3.77. The molecule has 0 saturated carbocycles. The summed E-state index contributed by atoms with van der Waals surface area (Å²) in [6.07, 6.45) is 2.73. The van der Waals surface area contributed by atoms with Crippen LogP contribution in [0.4, 0.5) is 5.69 Å². The average Bonchev–Trinajstić information content (AvgIpc) is 3.22. The van der Waals surface area contributed by atoms with Gasteiger partial charge in [-0.25, -0.2) is 0 Å². The molecule has 7 heteroatoms. The summed E-state index contributed by atoms with van der Waals surface area (Å²) < 4.78 is 5.21. The van der Waals surface area contributed by atoms with E-state index in [1.54, 1.807) is 31.4 Å². The Morgan fingerprint density at radius 2 is 1.88 bits per heavy atom. The Kier molecular flexibility index (Phi) is 6.72. The molecule has 0 aliphatic heterocycles. The molecule has 0 saturated heterocycles. The van der Waals surface area contributed by atoms with Crippen LogP contribution in [0.25, 0.3) is 10.9 Å². The highest BCUT2D eigenvalue weighted by molar-refractivity contribution is 6.31. The number of rotatable bonds is 6. The summed E-state index contributed by atoms with van der Waals surface area (Å²) >= 11 is 6.03. The van der Waals surface area contributed by atoms with Gasteiger partial charge in [-0.1, -0.05) is 35.9 Å². The Morgan fingerprint density at radius 1 is 1.06 bits per heavy atom. The maximum absolute atomic E-state index is 12.7. The molecule has 0 atom stereocenters. The first-order chi connectivity index (χ1) is 15.6. The van der Waals surface area contributed by atoms with Crippen LogP contribution in [0.1, 0.15) is 15.9 Å². The van der Waals surface area contributed by atoms with Crippen molar-refractivity contribution < 1.29 is 9.53 Å². The van der Waals surface area contributed by atoms with Gasteiger partial charge in [0.1, 0.15) is 5.75 Å². The fraction of sp³-hybridized carbons (Fsp3) is 0.120. The van der Waals surface area contributed by atoms with Gasteiger partial charge >= 0.3 is 0 Å². The van der Waals surface area contributed by atoms with Crippen molar-refractivity contribution in [2.45, 2.75) is 6.42 Å². The van der Waals surface area contributed by atoms with Gasteiger partial charge in [-0.05, 0) is 60.5 Å². The number of amides is 1. The summed E-state index contributed by atoms with van der Waals surface area (Å²) in [6.45, 7) is 0.496. The first kappa shape index (κ1) is 21.5. The fourth-order valence-electron chi connectivity index (χ4n) is 3.36. The lowest BCUT2D eigenvalue weighted by molar-refractivity contribution is 0.0977. The van der Waals surface area contributed by atoms with E-state index >= 15 is 0 Å². The van der Waals surface area contributed by atoms with Gasteiger partial charge in [-0.3, -0.25) is 15.1 Å². The number of anilines is 1. The minimum absolute atomic E-state index is 0.292. The number of aromatic amines is 1. The topological polar surface area (TPSA) is 78.5 Å². The summed E-state index contributed by atoms with van der Waals surface area (Å²) in [5.74, 6) is 0.815. The van der Waals surface area contributed by atoms with E-state index in [4.69, 9.17) is 16.3 Å². The van der Waals surface area contributed by atoms with Crippen molar-refractivity contribution in [3.8, 4) is 5.75 Å². The van der Waals surface area contributed by atoms with Crippen LogP contribution in [0.2, 0.25) is 5.02 Å². The summed E-state index contributed by atoms with van der Waals surface area (Å²) in [7, 11) is 1.62. The second-order valence-corrected chi connectivity index (χ2v) is 7.59. The van der Waals surface area contributed by atoms with Crippen LogP contribution >= 0.6 is 11.6 Å². The van der Waals surface area contributed by atoms with Crippen LogP contribution in [0.3, 0.4) is 0 Å². The van der Waals surface area contributed by atoms with Crippen molar-refractivity contribution in [3.63, 3.8) is 0 Å². The van der Waals surface area contributed by atoms with Crippen molar-refractivity contribution in [2.75, 3.05) is 19.0 Å². The Labute approximate surface area is 191 Å². The summed E-state index contributed by atoms with van der Waals surface area (Å²) in [5, 5.41) is 7.72. The van der Waals surface area contributed by atoms with Crippen LogP contribution < -0.4 is 15.4 Å². The average molecular weight is 447 g/mol. The van der Waals surface area contributed by atoms with E-state index in [0.29, 0.717) is 23.1 Å². The number of hydrogen-bond acceptors (Lipinski definition) is 3. The largest absolute Gasteiger partial charge is 0.497 e. The van der Waals surface area contributed by atoms with E-state index in [-0.39, 0.29) is 5.91 Å². The third kappa shape index (κ3) is 5.28. The minimum Gasteiger partial charge on any atom is -0.497 e. The molecule has 6 nitrogen and oxygen atoms in total. The molecule has 0 aliphatic rings. The Balaban J connectivity index is 1.51. The van der Waals surface area contributed by atoms with Crippen LogP contribution in [0, 0.1) is 0 Å². The Morgan fingerprint density at radius 3 is 2.66 bits per heavy atom. The number of aliphatic imine (C=N–C) groups is 1. The van der Waals surface area contributed by atoms with E-state index in [2.05, 4.69) is 26.7 Å². The normalized spacial score (nSPS) is 11.4. The Bertz CT molecular complexity index is 1250. The monoisotopic (exact) mass is 446 g/mol. The zero-order chi connectivity index (χ0) is 22.3. The number of benzene rings is 3.